The Bertz CT molecular complexity index is 871. The van der Waals surface area contributed by atoms with Gasteiger partial charge in [0, 0.05) is 10.9 Å². The third-order valence-corrected chi connectivity index (χ3v) is 4.72. The van der Waals surface area contributed by atoms with Gasteiger partial charge in [-0.15, -0.1) is 11.3 Å². The van der Waals surface area contributed by atoms with Gasteiger partial charge < -0.3 is 0 Å². The highest BCUT2D eigenvalue weighted by Gasteiger charge is 2.18. The molecule has 2 nitrogen and oxygen atoms in total. The maximum atomic E-state index is 8.74. The van der Waals surface area contributed by atoms with Gasteiger partial charge in [-0.1, -0.05) is 36.4 Å². The lowest BCUT2D eigenvalue weighted by Crippen LogP contribution is -1.85. The zero-order valence-corrected chi connectivity index (χ0v) is 12.2. The van der Waals surface area contributed by atoms with Crippen LogP contribution in [0.1, 0.15) is 16.1 Å². The summed E-state index contributed by atoms with van der Waals surface area (Å²) in [6, 6.07) is 17.3. The van der Waals surface area contributed by atoms with E-state index in [4.69, 9.17) is 5.26 Å². The molecule has 0 aliphatic heterocycles. The van der Waals surface area contributed by atoms with Gasteiger partial charge in [-0.25, -0.2) is 4.98 Å². The first-order valence-corrected chi connectivity index (χ1v) is 7.76. The summed E-state index contributed by atoms with van der Waals surface area (Å²) in [5.41, 5.74) is 7.56. The number of thiazole rings is 1. The standard InChI is InChI=1S/C18H12N2S/c19-8-7-18-20-17(11-21-18)13-5-6-16-14(10-13)9-12-3-1-2-4-15(12)16/h1-6,10-11H,7,9H2. The fourth-order valence-corrected chi connectivity index (χ4v) is 3.63. The number of hydrogen-bond acceptors (Lipinski definition) is 3. The van der Waals surface area contributed by atoms with Crippen LogP contribution >= 0.6 is 11.3 Å². The lowest BCUT2D eigenvalue weighted by molar-refractivity contribution is 1.19. The number of hydrogen-bond donors (Lipinski definition) is 0. The summed E-state index contributed by atoms with van der Waals surface area (Å²) in [7, 11) is 0. The average molecular weight is 288 g/mol. The molecule has 0 N–H and O–H groups in total. The largest absolute Gasteiger partial charge is 0.240 e. The molecule has 0 spiro atoms. The van der Waals surface area contributed by atoms with E-state index >= 15 is 0 Å². The lowest BCUT2D eigenvalue weighted by atomic mass is 10.0. The predicted octanol–water partition coefficient (Wildman–Crippen LogP) is 4.45. The van der Waals surface area contributed by atoms with Crippen LogP contribution in [0.15, 0.2) is 47.8 Å². The molecule has 3 aromatic rings. The fraction of sp³-hybridized carbons (Fsp3) is 0.111. The highest BCUT2D eigenvalue weighted by atomic mass is 32.1. The van der Waals surface area contributed by atoms with Gasteiger partial charge in [0.1, 0.15) is 5.01 Å². The molecule has 0 atom stereocenters. The number of rotatable bonds is 2. The molecule has 1 heterocycles. The number of nitrogens with zero attached hydrogens (tertiary/aromatic N) is 2. The van der Waals surface area contributed by atoms with Crippen molar-refractivity contribution in [1.29, 1.82) is 5.26 Å². The van der Waals surface area contributed by atoms with Crippen molar-refractivity contribution in [3.05, 3.63) is 64.0 Å². The highest BCUT2D eigenvalue weighted by molar-refractivity contribution is 7.10. The summed E-state index contributed by atoms with van der Waals surface area (Å²) in [5.74, 6) is 0. The molecule has 21 heavy (non-hydrogen) atoms. The van der Waals surface area contributed by atoms with Crippen molar-refractivity contribution < 1.29 is 0 Å². The Labute approximate surface area is 127 Å². The quantitative estimate of drug-likeness (QED) is 0.546. The Morgan fingerprint density at radius 1 is 1.10 bits per heavy atom. The number of fused-ring (bicyclic) bond motifs is 3. The predicted molar refractivity (Wildman–Crippen MR) is 85.1 cm³/mol. The monoisotopic (exact) mass is 288 g/mol. The smallest absolute Gasteiger partial charge is 0.107 e. The van der Waals surface area contributed by atoms with Crippen molar-refractivity contribution in [3.8, 4) is 28.5 Å². The molecule has 1 aromatic heterocycles. The second-order valence-electron chi connectivity index (χ2n) is 5.17. The first kappa shape index (κ1) is 12.3. The van der Waals surface area contributed by atoms with Gasteiger partial charge >= 0.3 is 0 Å². The van der Waals surface area contributed by atoms with Crippen LogP contribution < -0.4 is 0 Å². The Balaban J connectivity index is 1.74. The van der Waals surface area contributed by atoms with Crippen LogP contribution in [0.2, 0.25) is 0 Å². The molecule has 4 rings (SSSR count). The Morgan fingerprint density at radius 2 is 1.95 bits per heavy atom. The molecule has 1 aliphatic carbocycles. The molecule has 1 aliphatic rings. The van der Waals surface area contributed by atoms with Crippen LogP contribution in [0.4, 0.5) is 0 Å². The summed E-state index contributed by atoms with van der Waals surface area (Å²) < 4.78 is 0. The first-order valence-electron chi connectivity index (χ1n) is 6.88. The van der Waals surface area contributed by atoms with Gasteiger partial charge in [0.15, 0.2) is 0 Å². The van der Waals surface area contributed by atoms with E-state index in [1.165, 1.54) is 22.3 Å². The maximum absolute atomic E-state index is 8.74. The molecule has 0 saturated heterocycles. The van der Waals surface area contributed by atoms with E-state index in [1.54, 1.807) is 11.3 Å². The normalized spacial score (nSPS) is 11.8. The highest BCUT2D eigenvalue weighted by Crippen LogP contribution is 2.38. The molecule has 0 radical (unpaired) electrons. The molecule has 0 unspecified atom stereocenters. The summed E-state index contributed by atoms with van der Waals surface area (Å²) in [6.45, 7) is 0. The minimum atomic E-state index is 0.390. The van der Waals surface area contributed by atoms with Crippen LogP contribution in [-0.4, -0.2) is 4.98 Å². The molecule has 0 amide bonds. The van der Waals surface area contributed by atoms with E-state index < -0.39 is 0 Å². The third-order valence-electron chi connectivity index (χ3n) is 3.87. The van der Waals surface area contributed by atoms with Crippen LogP contribution in [0.3, 0.4) is 0 Å². The third kappa shape index (κ3) is 2.05. The van der Waals surface area contributed by atoms with Gasteiger partial charge in [-0.2, -0.15) is 5.26 Å². The van der Waals surface area contributed by atoms with Crippen molar-refractivity contribution in [2.75, 3.05) is 0 Å². The van der Waals surface area contributed by atoms with E-state index in [0.717, 1.165) is 22.7 Å². The van der Waals surface area contributed by atoms with Gasteiger partial charge in [0.2, 0.25) is 0 Å². The van der Waals surface area contributed by atoms with Gasteiger partial charge in [-0.3, -0.25) is 0 Å². The van der Waals surface area contributed by atoms with E-state index in [2.05, 4.69) is 53.5 Å². The van der Waals surface area contributed by atoms with Crippen LogP contribution in [0.25, 0.3) is 22.4 Å². The van der Waals surface area contributed by atoms with Crippen LogP contribution in [-0.2, 0) is 12.8 Å². The molecule has 3 heteroatoms. The molecule has 0 saturated carbocycles. The summed E-state index contributed by atoms with van der Waals surface area (Å²) >= 11 is 1.56. The van der Waals surface area contributed by atoms with Crippen molar-refractivity contribution in [3.63, 3.8) is 0 Å². The minimum absolute atomic E-state index is 0.390. The summed E-state index contributed by atoms with van der Waals surface area (Å²) in [4.78, 5) is 4.54. The molecular weight excluding hydrogens is 276 g/mol. The Hall–Kier alpha value is -2.44. The summed E-state index contributed by atoms with van der Waals surface area (Å²) in [6.07, 6.45) is 1.38. The lowest BCUT2D eigenvalue weighted by Gasteiger charge is -2.03. The number of nitriles is 1. The Morgan fingerprint density at radius 3 is 2.86 bits per heavy atom. The van der Waals surface area contributed by atoms with Gasteiger partial charge in [0.05, 0.1) is 18.2 Å². The molecule has 100 valence electrons. The molecule has 0 fully saturated rings. The van der Waals surface area contributed by atoms with Crippen molar-refractivity contribution in [1.82, 2.24) is 4.98 Å². The second-order valence-corrected chi connectivity index (χ2v) is 6.11. The molecule has 0 bridgehead atoms. The average Bonchev–Trinajstić information content (AvgIpc) is 3.11. The molecule has 2 aromatic carbocycles. The number of aromatic nitrogens is 1. The minimum Gasteiger partial charge on any atom is -0.240 e. The van der Waals surface area contributed by atoms with E-state index in [1.807, 2.05) is 5.38 Å². The van der Waals surface area contributed by atoms with Crippen LogP contribution in [0.5, 0.6) is 0 Å². The van der Waals surface area contributed by atoms with Crippen LogP contribution in [0, 0.1) is 11.3 Å². The zero-order chi connectivity index (χ0) is 14.2. The van der Waals surface area contributed by atoms with Crippen molar-refractivity contribution >= 4 is 11.3 Å². The van der Waals surface area contributed by atoms with Crippen molar-refractivity contribution in [2.45, 2.75) is 12.8 Å². The Kier molecular flexibility index (Phi) is 2.83. The first-order chi connectivity index (χ1) is 10.3. The van der Waals surface area contributed by atoms with E-state index in [-0.39, 0.29) is 0 Å². The zero-order valence-electron chi connectivity index (χ0n) is 11.3. The van der Waals surface area contributed by atoms with Crippen molar-refractivity contribution in [2.24, 2.45) is 0 Å². The summed E-state index contributed by atoms with van der Waals surface area (Å²) in [5, 5.41) is 11.7. The fourth-order valence-electron chi connectivity index (χ4n) is 2.90. The number of benzene rings is 2. The van der Waals surface area contributed by atoms with Gasteiger partial charge in [-0.05, 0) is 34.7 Å². The SMILES string of the molecule is N#CCc1nc(-c2ccc3c(c2)Cc2ccccc2-3)cs1. The molecular formula is C18H12N2S. The van der Waals surface area contributed by atoms with Gasteiger partial charge in [0.25, 0.3) is 0 Å². The topological polar surface area (TPSA) is 36.7 Å². The van der Waals surface area contributed by atoms with E-state index in [0.29, 0.717) is 6.42 Å². The maximum Gasteiger partial charge on any atom is 0.107 e. The van der Waals surface area contributed by atoms with E-state index in [9.17, 15) is 0 Å². The second kappa shape index (κ2) is 4.83.